The lowest BCUT2D eigenvalue weighted by Gasteiger charge is -2.14. The fourth-order valence-corrected chi connectivity index (χ4v) is 2.70. The number of carbonyl (C=O) groups excluding carboxylic acids is 1. The van der Waals surface area contributed by atoms with Crippen LogP contribution in [0.1, 0.15) is 44.2 Å². The summed E-state index contributed by atoms with van der Waals surface area (Å²) in [6.07, 6.45) is 1.92. The van der Waals surface area contributed by atoms with E-state index in [-0.39, 0.29) is 11.9 Å². The lowest BCUT2D eigenvalue weighted by molar-refractivity contribution is -0.129. The van der Waals surface area contributed by atoms with Crippen molar-refractivity contribution in [3.8, 4) is 0 Å². The minimum absolute atomic E-state index is 0.0323. The molecule has 1 fully saturated rings. The maximum atomic E-state index is 12.0. The van der Waals surface area contributed by atoms with Crippen LogP contribution in [0.25, 0.3) is 0 Å². The molecular formula is C17H26N2O. The molecule has 0 spiro atoms. The molecule has 2 rings (SSSR count). The lowest BCUT2D eigenvalue weighted by Crippen LogP contribution is -2.39. The van der Waals surface area contributed by atoms with Crippen LogP contribution in [0.15, 0.2) is 24.3 Å². The van der Waals surface area contributed by atoms with Gasteiger partial charge in [0.2, 0.25) is 5.91 Å². The van der Waals surface area contributed by atoms with Gasteiger partial charge in [0, 0.05) is 13.1 Å². The maximum absolute atomic E-state index is 12.0. The molecule has 20 heavy (non-hydrogen) atoms. The first kappa shape index (κ1) is 15.0. The first-order valence-electron chi connectivity index (χ1n) is 7.72. The van der Waals surface area contributed by atoms with Crippen molar-refractivity contribution >= 4 is 5.91 Å². The van der Waals surface area contributed by atoms with Gasteiger partial charge in [-0.25, -0.2) is 0 Å². The van der Waals surface area contributed by atoms with Crippen LogP contribution in [0, 0.1) is 0 Å². The quantitative estimate of drug-likeness (QED) is 0.864. The number of nitrogens with one attached hydrogen (secondary N) is 1. The number of nitrogens with zero attached hydrogens (tertiary/aromatic N) is 1. The van der Waals surface area contributed by atoms with Crippen molar-refractivity contribution < 1.29 is 4.79 Å². The third-order valence-electron chi connectivity index (χ3n) is 4.13. The highest BCUT2D eigenvalue weighted by Crippen LogP contribution is 2.15. The molecule has 1 heterocycles. The van der Waals surface area contributed by atoms with Gasteiger partial charge in [0.05, 0.1) is 6.04 Å². The van der Waals surface area contributed by atoms with Crippen LogP contribution < -0.4 is 5.32 Å². The number of likely N-dealkylation sites (N-methyl/N-ethyl adjacent to an activating group) is 1. The molecule has 1 aliphatic rings. The molecule has 1 amide bonds. The second kappa shape index (κ2) is 6.89. The molecule has 1 unspecified atom stereocenters. The van der Waals surface area contributed by atoms with Gasteiger partial charge in [0.25, 0.3) is 0 Å². The normalized spacial score (nSPS) is 19.1. The molecule has 3 nitrogen and oxygen atoms in total. The number of amides is 1. The van der Waals surface area contributed by atoms with Gasteiger partial charge < -0.3 is 10.2 Å². The van der Waals surface area contributed by atoms with Gasteiger partial charge in [-0.05, 0) is 43.4 Å². The van der Waals surface area contributed by atoms with Gasteiger partial charge in [0.15, 0.2) is 0 Å². The third kappa shape index (κ3) is 3.60. The zero-order chi connectivity index (χ0) is 14.5. The Hall–Kier alpha value is -1.35. The molecule has 0 aromatic heterocycles. The summed E-state index contributed by atoms with van der Waals surface area (Å²) in [5, 5.41) is 3.39. The lowest BCUT2D eigenvalue weighted by atomic mass is 10.0. The Morgan fingerprint density at radius 2 is 2.00 bits per heavy atom. The molecule has 0 radical (unpaired) electrons. The molecule has 0 bridgehead atoms. The van der Waals surface area contributed by atoms with Crippen LogP contribution in [0.2, 0.25) is 0 Å². The van der Waals surface area contributed by atoms with E-state index in [0.29, 0.717) is 5.92 Å². The highest BCUT2D eigenvalue weighted by atomic mass is 16.2. The summed E-state index contributed by atoms with van der Waals surface area (Å²) < 4.78 is 0. The SMILES string of the molecule is CCN1CCC(NCCc2ccc(C(C)C)cc2)C1=O. The highest BCUT2D eigenvalue weighted by Gasteiger charge is 2.29. The van der Waals surface area contributed by atoms with E-state index in [1.165, 1.54) is 11.1 Å². The molecule has 1 saturated heterocycles. The second-order valence-corrected chi connectivity index (χ2v) is 5.86. The van der Waals surface area contributed by atoms with E-state index < -0.39 is 0 Å². The minimum Gasteiger partial charge on any atom is -0.342 e. The highest BCUT2D eigenvalue weighted by molar-refractivity contribution is 5.83. The Bertz CT molecular complexity index is 439. The molecule has 1 aromatic carbocycles. The molecule has 0 saturated carbocycles. The number of rotatable bonds is 6. The van der Waals surface area contributed by atoms with Crippen molar-refractivity contribution in [3.63, 3.8) is 0 Å². The Morgan fingerprint density at radius 1 is 1.30 bits per heavy atom. The van der Waals surface area contributed by atoms with Crippen LogP contribution >= 0.6 is 0 Å². The number of carbonyl (C=O) groups is 1. The topological polar surface area (TPSA) is 32.3 Å². The van der Waals surface area contributed by atoms with Crippen molar-refractivity contribution in [2.45, 2.75) is 45.6 Å². The van der Waals surface area contributed by atoms with Crippen LogP contribution in [-0.2, 0) is 11.2 Å². The average Bonchev–Trinajstić information content (AvgIpc) is 2.80. The molecule has 1 aromatic rings. The monoisotopic (exact) mass is 274 g/mol. The Morgan fingerprint density at radius 3 is 2.55 bits per heavy atom. The Balaban J connectivity index is 1.77. The van der Waals surface area contributed by atoms with E-state index >= 15 is 0 Å². The predicted octanol–water partition coefficient (Wildman–Crippen LogP) is 2.56. The number of hydrogen-bond donors (Lipinski definition) is 1. The van der Waals surface area contributed by atoms with E-state index in [1.54, 1.807) is 0 Å². The maximum Gasteiger partial charge on any atom is 0.239 e. The van der Waals surface area contributed by atoms with Crippen molar-refractivity contribution in [2.75, 3.05) is 19.6 Å². The minimum atomic E-state index is 0.0323. The van der Waals surface area contributed by atoms with E-state index in [1.807, 2.05) is 11.8 Å². The summed E-state index contributed by atoms with van der Waals surface area (Å²) >= 11 is 0. The Labute approximate surface area is 122 Å². The first-order chi connectivity index (χ1) is 9.61. The number of likely N-dealkylation sites (tertiary alicyclic amines) is 1. The van der Waals surface area contributed by atoms with Gasteiger partial charge in [0.1, 0.15) is 0 Å². The van der Waals surface area contributed by atoms with Crippen LogP contribution in [0.3, 0.4) is 0 Å². The van der Waals surface area contributed by atoms with Gasteiger partial charge in [-0.15, -0.1) is 0 Å². The number of benzene rings is 1. The van der Waals surface area contributed by atoms with Gasteiger partial charge >= 0.3 is 0 Å². The summed E-state index contributed by atoms with van der Waals surface area (Å²) in [6.45, 7) is 9.05. The van der Waals surface area contributed by atoms with Crippen LogP contribution in [-0.4, -0.2) is 36.5 Å². The molecule has 0 aliphatic carbocycles. The fourth-order valence-electron chi connectivity index (χ4n) is 2.70. The van der Waals surface area contributed by atoms with E-state index in [4.69, 9.17) is 0 Å². The van der Waals surface area contributed by atoms with Crippen molar-refractivity contribution in [1.29, 1.82) is 0 Å². The van der Waals surface area contributed by atoms with E-state index in [2.05, 4.69) is 43.4 Å². The first-order valence-corrected chi connectivity index (χ1v) is 7.72. The van der Waals surface area contributed by atoms with Crippen LogP contribution in [0.5, 0.6) is 0 Å². The summed E-state index contributed by atoms with van der Waals surface area (Å²) in [4.78, 5) is 13.9. The van der Waals surface area contributed by atoms with Gasteiger partial charge in [-0.1, -0.05) is 38.1 Å². The fraction of sp³-hybridized carbons (Fsp3) is 0.588. The van der Waals surface area contributed by atoms with E-state index in [0.717, 1.165) is 32.5 Å². The zero-order valence-corrected chi connectivity index (χ0v) is 12.9. The Kier molecular flexibility index (Phi) is 5.18. The summed E-state index contributed by atoms with van der Waals surface area (Å²) in [6, 6.07) is 8.85. The molecule has 1 aliphatic heterocycles. The van der Waals surface area contributed by atoms with Crippen molar-refractivity contribution in [2.24, 2.45) is 0 Å². The molecule has 1 atom stereocenters. The predicted molar refractivity (Wildman–Crippen MR) is 82.9 cm³/mol. The summed E-state index contributed by atoms with van der Waals surface area (Å²) in [7, 11) is 0. The van der Waals surface area contributed by atoms with Crippen molar-refractivity contribution in [3.05, 3.63) is 35.4 Å². The molecular weight excluding hydrogens is 248 g/mol. The van der Waals surface area contributed by atoms with Gasteiger partial charge in [-0.2, -0.15) is 0 Å². The second-order valence-electron chi connectivity index (χ2n) is 5.86. The van der Waals surface area contributed by atoms with Gasteiger partial charge in [-0.3, -0.25) is 4.79 Å². The smallest absolute Gasteiger partial charge is 0.239 e. The largest absolute Gasteiger partial charge is 0.342 e. The summed E-state index contributed by atoms with van der Waals surface area (Å²) in [5.74, 6) is 0.848. The third-order valence-corrected chi connectivity index (χ3v) is 4.13. The van der Waals surface area contributed by atoms with Crippen molar-refractivity contribution in [1.82, 2.24) is 10.2 Å². The molecule has 110 valence electrons. The zero-order valence-electron chi connectivity index (χ0n) is 12.9. The molecule has 1 N–H and O–H groups in total. The standard InChI is InChI=1S/C17H26N2O/c1-4-19-12-10-16(17(19)20)18-11-9-14-5-7-15(8-6-14)13(2)3/h5-8,13,16,18H,4,9-12H2,1-3H3. The summed E-state index contributed by atoms with van der Waals surface area (Å²) in [5.41, 5.74) is 2.71. The van der Waals surface area contributed by atoms with Crippen LogP contribution in [0.4, 0.5) is 0 Å². The van der Waals surface area contributed by atoms with E-state index in [9.17, 15) is 4.79 Å². The average molecular weight is 274 g/mol. The molecule has 3 heteroatoms. The number of hydrogen-bond acceptors (Lipinski definition) is 2.